The number of fused-ring (bicyclic) bond motifs is 2. The molecule has 1 atom stereocenters. The Kier molecular flexibility index (Phi) is 3.07. The molecule has 0 fully saturated rings. The van der Waals surface area contributed by atoms with Gasteiger partial charge in [0.05, 0.1) is 29.5 Å². The highest BCUT2D eigenvalue weighted by atomic mass is 16.5. The van der Waals surface area contributed by atoms with E-state index in [1.807, 2.05) is 0 Å². The van der Waals surface area contributed by atoms with Crippen LogP contribution >= 0.6 is 0 Å². The van der Waals surface area contributed by atoms with Crippen LogP contribution in [0.5, 0.6) is 11.6 Å². The molecule has 0 saturated heterocycles. The number of aliphatic imine (C=N–C) groups is 1. The number of ether oxygens (including phenoxy) is 1. The topological polar surface area (TPSA) is 114 Å². The van der Waals surface area contributed by atoms with E-state index in [9.17, 15) is 10.0 Å². The van der Waals surface area contributed by atoms with Gasteiger partial charge in [-0.15, -0.1) is 0 Å². The monoisotopic (exact) mass is 311 g/mol. The van der Waals surface area contributed by atoms with Crippen molar-refractivity contribution in [2.75, 3.05) is 5.06 Å². The normalized spacial score (nSPS) is 18.8. The molecule has 0 spiro atoms. The summed E-state index contributed by atoms with van der Waals surface area (Å²) >= 11 is 0. The molecule has 0 saturated carbocycles. The van der Waals surface area contributed by atoms with Gasteiger partial charge < -0.3 is 10.5 Å². The molecule has 8 heteroatoms. The minimum absolute atomic E-state index is 0.339. The molecule has 8 nitrogen and oxygen atoms in total. The van der Waals surface area contributed by atoms with Crippen LogP contribution in [-0.2, 0) is 17.8 Å². The van der Waals surface area contributed by atoms with E-state index in [1.165, 1.54) is 6.33 Å². The third-order valence-corrected chi connectivity index (χ3v) is 3.85. The Labute approximate surface area is 131 Å². The quantitative estimate of drug-likeness (QED) is 0.793. The predicted octanol–water partition coefficient (Wildman–Crippen LogP) is 0.807. The van der Waals surface area contributed by atoms with Gasteiger partial charge in [-0.1, -0.05) is 0 Å². The highest BCUT2D eigenvalue weighted by molar-refractivity contribution is 5.98. The Bertz CT molecular complexity index is 836. The second-order valence-electron chi connectivity index (χ2n) is 5.36. The molecule has 2 aliphatic rings. The standard InChI is InChI=1S/C15H13N5O3/c16-11-4-8-3-9(1-2-13(8)20(22)15(11)21)23-14-10-5-17-6-12(10)18-7-19-14/h1-3,5,7,11,22H,4,6,16H2. The number of nitrogens with zero attached hydrogens (tertiary/aromatic N) is 4. The van der Waals surface area contributed by atoms with Gasteiger partial charge in [-0.2, -0.15) is 5.06 Å². The average Bonchev–Trinajstić information content (AvgIpc) is 3.02. The lowest BCUT2D eigenvalue weighted by Crippen LogP contribution is -2.47. The van der Waals surface area contributed by atoms with Crippen molar-refractivity contribution < 1.29 is 14.7 Å². The van der Waals surface area contributed by atoms with E-state index in [0.717, 1.165) is 16.8 Å². The van der Waals surface area contributed by atoms with Crippen molar-refractivity contribution in [2.45, 2.75) is 19.0 Å². The van der Waals surface area contributed by atoms with E-state index in [4.69, 9.17) is 10.5 Å². The van der Waals surface area contributed by atoms with Crippen molar-refractivity contribution in [3.8, 4) is 11.6 Å². The lowest BCUT2D eigenvalue weighted by Gasteiger charge is -2.27. The van der Waals surface area contributed by atoms with E-state index in [-0.39, 0.29) is 0 Å². The summed E-state index contributed by atoms with van der Waals surface area (Å²) in [7, 11) is 0. The summed E-state index contributed by atoms with van der Waals surface area (Å²) in [5.41, 5.74) is 8.46. The third kappa shape index (κ3) is 2.24. The van der Waals surface area contributed by atoms with Gasteiger partial charge >= 0.3 is 0 Å². The largest absolute Gasteiger partial charge is 0.438 e. The maximum absolute atomic E-state index is 11.7. The van der Waals surface area contributed by atoms with Crippen molar-refractivity contribution in [1.82, 2.24) is 9.97 Å². The Hall–Kier alpha value is -2.84. The van der Waals surface area contributed by atoms with Crippen LogP contribution in [0, 0.1) is 0 Å². The molecular formula is C15H13N5O3. The molecule has 1 aromatic carbocycles. The average molecular weight is 311 g/mol. The van der Waals surface area contributed by atoms with E-state index in [0.29, 0.717) is 35.3 Å². The molecule has 116 valence electrons. The molecule has 2 aromatic rings. The molecule has 1 aromatic heterocycles. The molecule has 2 aliphatic heterocycles. The van der Waals surface area contributed by atoms with Crippen LogP contribution in [0.2, 0.25) is 0 Å². The first-order valence-corrected chi connectivity index (χ1v) is 7.06. The van der Waals surface area contributed by atoms with Gasteiger partial charge in [0.25, 0.3) is 5.91 Å². The molecular weight excluding hydrogens is 298 g/mol. The number of carbonyl (C=O) groups is 1. The lowest BCUT2D eigenvalue weighted by atomic mass is 9.99. The van der Waals surface area contributed by atoms with E-state index in [1.54, 1.807) is 24.4 Å². The zero-order valence-corrected chi connectivity index (χ0v) is 12.0. The number of amides is 1. The summed E-state index contributed by atoms with van der Waals surface area (Å²) in [6.07, 6.45) is 3.46. The number of hydrogen-bond donors (Lipinski definition) is 2. The van der Waals surface area contributed by atoms with Crippen LogP contribution in [0.25, 0.3) is 0 Å². The Morgan fingerprint density at radius 1 is 1.35 bits per heavy atom. The van der Waals surface area contributed by atoms with Crippen molar-refractivity contribution >= 4 is 17.8 Å². The molecule has 3 N–H and O–H groups in total. The van der Waals surface area contributed by atoms with Crippen molar-refractivity contribution in [3.63, 3.8) is 0 Å². The predicted molar refractivity (Wildman–Crippen MR) is 80.8 cm³/mol. The van der Waals surface area contributed by atoms with Gasteiger partial charge in [-0.25, -0.2) is 9.97 Å². The van der Waals surface area contributed by atoms with Gasteiger partial charge in [-0.05, 0) is 30.2 Å². The molecule has 1 unspecified atom stereocenters. The molecule has 1 amide bonds. The SMILES string of the molecule is NC1Cc2cc(Oc3ncnc4c3C=NC4)ccc2N(O)C1=O. The van der Waals surface area contributed by atoms with Crippen molar-refractivity contribution in [3.05, 3.63) is 41.3 Å². The Balaban J connectivity index is 1.67. The fourth-order valence-corrected chi connectivity index (χ4v) is 2.68. The van der Waals surface area contributed by atoms with Crippen LogP contribution in [0.4, 0.5) is 5.69 Å². The molecule has 0 bridgehead atoms. The summed E-state index contributed by atoms with van der Waals surface area (Å²) in [5.74, 6) is 0.448. The third-order valence-electron chi connectivity index (χ3n) is 3.85. The molecule has 0 radical (unpaired) electrons. The highest BCUT2D eigenvalue weighted by Crippen LogP contribution is 2.32. The van der Waals surface area contributed by atoms with Crippen LogP contribution in [0.15, 0.2) is 29.5 Å². The Morgan fingerprint density at radius 2 is 2.22 bits per heavy atom. The first kappa shape index (κ1) is 13.8. The first-order chi connectivity index (χ1) is 11.1. The number of carbonyl (C=O) groups excluding carboxylic acids is 1. The van der Waals surface area contributed by atoms with E-state index in [2.05, 4.69) is 15.0 Å². The van der Waals surface area contributed by atoms with Crippen LogP contribution in [0.3, 0.4) is 0 Å². The zero-order chi connectivity index (χ0) is 16.0. The number of anilines is 1. The van der Waals surface area contributed by atoms with Gasteiger partial charge in [-0.3, -0.25) is 15.0 Å². The van der Waals surface area contributed by atoms with Crippen LogP contribution < -0.4 is 15.5 Å². The molecule has 4 rings (SSSR count). The van der Waals surface area contributed by atoms with Gasteiger partial charge in [0.2, 0.25) is 5.88 Å². The van der Waals surface area contributed by atoms with Crippen molar-refractivity contribution in [1.29, 1.82) is 0 Å². The molecule has 3 heterocycles. The van der Waals surface area contributed by atoms with Gasteiger partial charge in [0.15, 0.2) is 0 Å². The smallest absolute Gasteiger partial charge is 0.267 e. The maximum Gasteiger partial charge on any atom is 0.267 e. The number of hydroxylamine groups is 1. The lowest BCUT2D eigenvalue weighted by molar-refractivity contribution is -0.125. The fraction of sp³-hybridized carbons (Fsp3) is 0.200. The Morgan fingerprint density at radius 3 is 3.09 bits per heavy atom. The van der Waals surface area contributed by atoms with E-state index >= 15 is 0 Å². The zero-order valence-electron chi connectivity index (χ0n) is 12.0. The van der Waals surface area contributed by atoms with Crippen LogP contribution in [-0.4, -0.2) is 33.3 Å². The number of hydrogen-bond acceptors (Lipinski definition) is 7. The van der Waals surface area contributed by atoms with Gasteiger partial charge in [0.1, 0.15) is 12.1 Å². The second-order valence-corrected chi connectivity index (χ2v) is 5.36. The number of aromatic nitrogens is 2. The fourth-order valence-electron chi connectivity index (χ4n) is 2.68. The summed E-state index contributed by atoms with van der Waals surface area (Å²) in [6.45, 7) is 0.523. The van der Waals surface area contributed by atoms with E-state index < -0.39 is 11.9 Å². The highest BCUT2D eigenvalue weighted by Gasteiger charge is 2.30. The van der Waals surface area contributed by atoms with Gasteiger partial charge in [0, 0.05) is 6.21 Å². The first-order valence-electron chi connectivity index (χ1n) is 7.06. The van der Waals surface area contributed by atoms with Crippen LogP contribution in [0.1, 0.15) is 16.8 Å². The summed E-state index contributed by atoms with van der Waals surface area (Å²) < 4.78 is 5.82. The minimum Gasteiger partial charge on any atom is -0.438 e. The maximum atomic E-state index is 11.7. The second kappa shape index (κ2) is 5.11. The van der Waals surface area contributed by atoms with Crippen molar-refractivity contribution in [2.24, 2.45) is 10.7 Å². The number of benzene rings is 1. The minimum atomic E-state index is -0.766. The summed E-state index contributed by atoms with van der Waals surface area (Å²) in [6, 6.07) is 4.25. The summed E-state index contributed by atoms with van der Waals surface area (Å²) in [5, 5.41) is 10.4. The number of rotatable bonds is 2. The summed E-state index contributed by atoms with van der Waals surface area (Å²) in [4.78, 5) is 24.1. The molecule has 23 heavy (non-hydrogen) atoms. The molecule has 0 aliphatic carbocycles. The number of nitrogens with two attached hydrogens (primary N) is 1.